The number of benzene rings is 1. The minimum atomic E-state index is -0.953. The van der Waals surface area contributed by atoms with Gasteiger partial charge < -0.3 is 9.67 Å². The van der Waals surface area contributed by atoms with E-state index in [1.807, 2.05) is 12.3 Å². The third-order valence-corrected chi connectivity index (χ3v) is 3.66. The van der Waals surface area contributed by atoms with E-state index in [-0.39, 0.29) is 5.69 Å². The first-order valence-corrected chi connectivity index (χ1v) is 6.32. The van der Waals surface area contributed by atoms with E-state index < -0.39 is 5.97 Å². The zero-order chi connectivity index (χ0) is 14.4. The van der Waals surface area contributed by atoms with Crippen molar-refractivity contribution in [3.63, 3.8) is 0 Å². The Balaban J connectivity index is 2.14. The highest BCUT2D eigenvalue weighted by molar-refractivity contribution is 5.86. The molecule has 0 amide bonds. The average Bonchev–Trinajstić information content (AvgIpc) is 2.93. The van der Waals surface area contributed by atoms with E-state index in [2.05, 4.69) is 31.0 Å². The lowest BCUT2D eigenvalue weighted by molar-refractivity contribution is 0.0686. The number of nitrogens with zero attached hydrogens (tertiary/aromatic N) is 3. The number of imidazole rings is 2. The monoisotopic (exact) mass is 269 g/mol. The van der Waals surface area contributed by atoms with Gasteiger partial charge in [0.2, 0.25) is 5.78 Å². The zero-order valence-electron chi connectivity index (χ0n) is 11.6. The number of fused-ring (bicyclic) bond motifs is 1. The molecule has 1 N–H and O–H groups in total. The molecule has 0 fully saturated rings. The lowest BCUT2D eigenvalue weighted by Gasteiger charge is -2.02. The maximum absolute atomic E-state index is 11.1. The molecule has 0 spiro atoms. The van der Waals surface area contributed by atoms with E-state index in [1.54, 1.807) is 22.2 Å². The summed E-state index contributed by atoms with van der Waals surface area (Å²) in [5.41, 5.74) is 4.56. The van der Waals surface area contributed by atoms with Crippen molar-refractivity contribution >= 4 is 11.7 Å². The molecule has 0 aliphatic heterocycles. The van der Waals surface area contributed by atoms with Crippen LogP contribution in [0.4, 0.5) is 0 Å². The van der Waals surface area contributed by atoms with Crippen LogP contribution in [0.1, 0.15) is 21.6 Å². The first-order valence-electron chi connectivity index (χ1n) is 6.32. The van der Waals surface area contributed by atoms with Crippen LogP contribution in [-0.2, 0) is 7.05 Å². The fourth-order valence-electron chi connectivity index (χ4n) is 2.29. The number of rotatable bonds is 2. The summed E-state index contributed by atoms with van der Waals surface area (Å²) < 4.78 is 3.32. The summed E-state index contributed by atoms with van der Waals surface area (Å²) in [7, 11) is 1.70. The molecule has 0 saturated heterocycles. The van der Waals surface area contributed by atoms with Crippen molar-refractivity contribution in [2.75, 3.05) is 0 Å². The number of carboxylic acids is 1. The minimum Gasteiger partial charge on any atom is -0.477 e. The van der Waals surface area contributed by atoms with Crippen LogP contribution in [0.2, 0.25) is 0 Å². The van der Waals surface area contributed by atoms with Crippen LogP contribution in [0, 0.1) is 13.8 Å². The maximum Gasteiger partial charge on any atom is 0.354 e. The molecule has 1 aromatic carbocycles. The van der Waals surface area contributed by atoms with Gasteiger partial charge in [0.15, 0.2) is 0 Å². The van der Waals surface area contributed by atoms with E-state index in [0.29, 0.717) is 5.78 Å². The SMILES string of the molecule is Cc1ccc(-c2cn3cc(C(=O)O)n(C)c3n2)cc1C. The van der Waals surface area contributed by atoms with Crippen molar-refractivity contribution in [2.45, 2.75) is 13.8 Å². The van der Waals surface area contributed by atoms with Crippen molar-refractivity contribution in [3.05, 3.63) is 47.4 Å². The Labute approximate surface area is 116 Å². The van der Waals surface area contributed by atoms with Crippen molar-refractivity contribution in [2.24, 2.45) is 7.05 Å². The van der Waals surface area contributed by atoms with Gasteiger partial charge in [-0.1, -0.05) is 12.1 Å². The Morgan fingerprint density at radius 2 is 1.95 bits per heavy atom. The molecule has 2 aromatic heterocycles. The van der Waals surface area contributed by atoms with Crippen LogP contribution in [-0.4, -0.2) is 25.0 Å². The second kappa shape index (κ2) is 4.23. The fraction of sp³-hybridized carbons (Fsp3) is 0.200. The van der Waals surface area contributed by atoms with Gasteiger partial charge in [-0.25, -0.2) is 9.78 Å². The smallest absolute Gasteiger partial charge is 0.354 e. The second-order valence-corrected chi connectivity index (χ2v) is 5.01. The van der Waals surface area contributed by atoms with Gasteiger partial charge >= 0.3 is 5.97 Å². The Morgan fingerprint density at radius 3 is 2.55 bits per heavy atom. The molecule has 5 nitrogen and oxygen atoms in total. The number of aromatic carboxylic acids is 1. The highest BCUT2D eigenvalue weighted by atomic mass is 16.4. The Kier molecular flexibility index (Phi) is 2.64. The Hall–Kier alpha value is -2.56. The third kappa shape index (κ3) is 1.79. The third-order valence-electron chi connectivity index (χ3n) is 3.66. The van der Waals surface area contributed by atoms with Crippen LogP contribution >= 0.6 is 0 Å². The molecule has 2 heterocycles. The van der Waals surface area contributed by atoms with Crippen LogP contribution in [0.15, 0.2) is 30.6 Å². The average molecular weight is 269 g/mol. The molecule has 0 bridgehead atoms. The van der Waals surface area contributed by atoms with Gasteiger partial charge in [0.25, 0.3) is 0 Å². The summed E-state index contributed by atoms with van der Waals surface area (Å²) in [5.74, 6) is -0.332. The van der Waals surface area contributed by atoms with Gasteiger partial charge in [-0.05, 0) is 31.0 Å². The van der Waals surface area contributed by atoms with Crippen molar-refractivity contribution < 1.29 is 9.90 Å². The van der Waals surface area contributed by atoms with Gasteiger partial charge in [-0.3, -0.25) is 4.40 Å². The van der Waals surface area contributed by atoms with Crippen molar-refractivity contribution in [1.82, 2.24) is 14.0 Å². The van der Waals surface area contributed by atoms with E-state index in [1.165, 1.54) is 11.1 Å². The molecule has 0 atom stereocenters. The molecule has 20 heavy (non-hydrogen) atoms. The summed E-state index contributed by atoms with van der Waals surface area (Å²) >= 11 is 0. The number of aromatic nitrogens is 3. The number of carbonyl (C=O) groups is 1. The standard InChI is InChI=1S/C15H15N3O2/c1-9-4-5-11(6-10(9)2)12-7-18-8-13(14(19)20)17(3)15(18)16-12/h4-8H,1-3H3,(H,19,20). The molecule has 3 rings (SSSR count). The molecular weight excluding hydrogens is 254 g/mol. The predicted molar refractivity (Wildman–Crippen MR) is 76.0 cm³/mol. The van der Waals surface area contributed by atoms with Crippen LogP contribution in [0.25, 0.3) is 17.0 Å². The lowest BCUT2D eigenvalue weighted by atomic mass is 10.1. The number of aryl methyl sites for hydroxylation is 3. The highest BCUT2D eigenvalue weighted by Gasteiger charge is 2.15. The maximum atomic E-state index is 11.1. The molecule has 3 aromatic rings. The minimum absolute atomic E-state index is 0.221. The predicted octanol–water partition coefficient (Wildman–Crippen LogP) is 2.65. The molecular formula is C15H15N3O2. The Bertz CT molecular complexity index is 827. The molecule has 0 unspecified atom stereocenters. The van der Waals surface area contributed by atoms with Gasteiger partial charge in [-0.2, -0.15) is 0 Å². The molecule has 0 aliphatic carbocycles. The quantitative estimate of drug-likeness (QED) is 0.778. The summed E-state index contributed by atoms with van der Waals surface area (Å²) in [6.45, 7) is 4.14. The fourth-order valence-corrected chi connectivity index (χ4v) is 2.29. The molecule has 5 heteroatoms. The summed E-state index contributed by atoms with van der Waals surface area (Å²) in [5, 5.41) is 9.08. The van der Waals surface area contributed by atoms with Gasteiger partial charge in [0, 0.05) is 25.0 Å². The highest BCUT2D eigenvalue weighted by Crippen LogP contribution is 2.22. The molecule has 102 valence electrons. The van der Waals surface area contributed by atoms with E-state index in [9.17, 15) is 4.79 Å². The summed E-state index contributed by atoms with van der Waals surface area (Å²) in [4.78, 5) is 15.6. The first-order chi connectivity index (χ1) is 9.47. The molecule has 0 radical (unpaired) electrons. The van der Waals surface area contributed by atoms with Crippen LogP contribution < -0.4 is 0 Å². The van der Waals surface area contributed by atoms with E-state index in [4.69, 9.17) is 5.11 Å². The molecule has 0 saturated carbocycles. The topological polar surface area (TPSA) is 59.5 Å². The summed E-state index contributed by atoms with van der Waals surface area (Å²) in [6.07, 6.45) is 3.43. The van der Waals surface area contributed by atoms with Crippen molar-refractivity contribution in [3.8, 4) is 11.3 Å². The zero-order valence-corrected chi connectivity index (χ0v) is 11.6. The summed E-state index contributed by atoms with van der Waals surface area (Å²) in [6, 6.07) is 6.19. The van der Waals surface area contributed by atoms with Gasteiger partial charge in [0.05, 0.1) is 5.69 Å². The van der Waals surface area contributed by atoms with Gasteiger partial charge in [-0.15, -0.1) is 0 Å². The number of carboxylic acid groups (broad SMARTS) is 1. The van der Waals surface area contributed by atoms with Crippen molar-refractivity contribution in [1.29, 1.82) is 0 Å². The first kappa shape index (κ1) is 12.5. The second-order valence-electron chi connectivity index (χ2n) is 5.01. The van der Waals surface area contributed by atoms with Crippen LogP contribution in [0.5, 0.6) is 0 Å². The number of hydrogen-bond donors (Lipinski definition) is 1. The lowest BCUT2D eigenvalue weighted by Crippen LogP contribution is -2.04. The normalized spacial score (nSPS) is 11.2. The molecule has 0 aliphatic rings. The van der Waals surface area contributed by atoms with E-state index in [0.717, 1.165) is 11.3 Å². The Morgan fingerprint density at radius 1 is 1.20 bits per heavy atom. The number of hydrogen-bond acceptors (Lipinski definition) is 2. The van der Waals surface area contributed by atoms with Gasteiger partial charge in [0.1, 0.15) is 5.69 Å². The largest absolute Gasteiger partial charge is 0.477 e. The van der Waals surface area contributed by atoms with E-state index >= 15 is 0 Å². The van der Waals surface area contributed by atoms with Crippen LogP contribution in [0.3, 0.4) is 0 Å².